The number of nitrogens with zero attached hydrogens (tertiary/aromatic N) is 1. The summed E-state index contributed by atoms with van der Waals surface area (Å²) in [4.78, 5) is 2.39. The van der Waals surface area contributed by atoms with Gasteiger partial charge in [-0.2, -0.15) is 0 Å². The second-order valence-corrected chi connectivity index (χ2v) is 5.90. The van der Waals surface area contributed by atoms with Crippen LogP contribution in [0.15, 0.2) is 12.1 Å². The Kier molecular flexibility index (Phi) is 5.91. The maximum atomic E-state index is 5.61. The summed E-state index contributed by atoms with van der Waals surface area (Å²) in [6.07, 6.45) is 2.13. The molecule has 5 heteroatoms. The summed E-state index contributed by atoms with van der Waals surface area (Å²) in [5.74, 6) is 2.71. The molecule has 1 heterocycles. The standard InChI is InChI=1S/C17H28N2O3/c1-18-14-8-9-19(2)11-13(14)10-12-6-7-15(20-3)17(22-5)16(12)21-4/h6-7,13-14,18H,8-11H2,1-5H3/t13-,14+/m0/s1. The fourth-order valence-electron chi connectivity index (χ4n) is 3.41. The van der Waals surface area contributed by atoms with Crippen LogP contribution in [0.3, 0.4) is 0 Å². The molecule has 0 unspecified atom stereocenters. The van der Waals surface area contributed by atoms with Gasteiger partial charge in [-0.15, -0.1) is 0 Å². The summed E-state index contributed by atoms with van der Waals surface area (Å²) < 4.78 is 16.5. The highest BCUT2D eigenvalue weighted by Crippen LogP contribution is 2.41. The molecule has 124 valence electrons. The Labute approximate surface area is 133 Å². The van der Waals surface area contributed by atoms with E-state index in [1.165, 1.54) is 12.0 Å². The van der Waals surface area contributed by atoms with Crippen LogP contribution in [0.5, 0.6) is 17.2 Å². The molecule has 1 fully saturated rings. The van der Waals surface area contributed by atoms with E-state index in [1.807, 2.05) is 6.07 Å². The highest BCUT2D eigenvalue weighted by molar-refractivity contribution is 5.55. The molecule has 1 aliphatic rings. The van der Waals surface area contributed by atoms with Gasteiger partial charge in [0.2, 0.25) is 5.75 Å². The van der Waals surface area contributed by atoms with Crippen LogP contribution in [0.2, 0.25) is 0 Å². The molecule has 0 spiro atoms. The molecule has 0 bridgehead atoms. The number of ether oxygens (including phenoxy) is 3. The van der Waals surface area contributed by atoms with Crippen molar-refractivity contribution in [3.63, 3.8) is 0 Å². The smallest absolute Gasteiger partial charge is 0.203 e. The Morgan fingerprint density at radius 2 is 1.86 bits per heavy atom. The van der Waals surface area contributed by atoms with Crippen LogP contribution in [0.4, 0.5) is 0 Å². The summed E-state index contributed by atoms with van der Waals surface area (Å²) in [6, 6.07) is 4.58. The molecule has 1 saturated heterocycles. The average molecular weight is 308 g/mol. The van der Waals surface area contributed by atoms with Gasteiger partial charge in [-0.25, -0.2) is 0 Å². The lowest BCUT2D eigenvalue weighted by Gasteiger charge is -2.37. The molecule has 0 amide bonds. The summed E-state index contributed by atoms with van der Waals surface area (Å²) in [7, 11) is 9.21. The van der Waals surface area contributed by atoms with Crippen LogP contribution >= 0.6 is 0 Å². The van der Waals surface area contributed by atoms with Crippen molar-refractivity contribution in [2.24, 2.45) is 5.92 Å². The minimum Gasteiger partial charge on any atom is -0.493 e. The predicted molar refractivity (Wildman–Crippen MR) is 88.3 cm³/mol. The quantitative estimate of drug-likeness (QED) is 0.868. The van der Waals surface area contributed by atoms with Crippen LogP contribution in [-0.4, -0.2) is 59.5 Å². The summed E-state index contributed by atoms with van der Waals surface area (Å²) in [5.41, 5.74) is 1.17. The zero-order valence-electron chi connectivity index (χ0n) is 14.3. The first-order valence-corrected chi connectivity index (χ1v) is 7.78. The maximum absolute atomic E-state index is 5.61. The highest BCUT2D eigenvalue weighted by atomic mass is 16.5. The van der Waals surface area contributed by atoms with E-state index in [9.17, 15) is 0 Å². The normalized spacial score (nSPS) is 22.4. The number of rotatable bonds is 6. The van der Waals surface area contributed by atoms with Crippen molar-refractivity contribution in [1.82, 2.24) is 10.2 Å². The Bertz CT molecular complexity index is 493. The van der Waals surface area contributed by atoms with Crippen molar-refractivity contribution in [2.45, 2.75) is 18.9 Å². The summed E-state index contributed by atoms with van der Waals surface area (Å²) in [5, 5.41) is 3.46. The number of benzene rings is 1. The highest BCUT2D eigenvalue weighted by Gasteiger charge is 2.28. The minimum atomic E-state index is 0.536. The Balaban J connectivity index is 2.28. The molecular weight excluding hydrogens is 280 g/mol. The zero-order valence-corrected chi connectivity index (χ0v) is 14.3. The van der Waals surface area contributed by atoms with Crippen molar-refractivity contribution in [1.29, 1.82) is 0 Å². The lowest BCUT2D eigenvalue weighted by Crippen LogP contribution is -2.47. The molecule has 5 nitrogen and oxygen atoms in total. The van der Waals surface area contributed by atoms with E-state index < -0.39 is 0 Å². The summed E-state index contributed by atoms with van der Waals surface area (Å²) in [6.45, 7) is 2.23. The number of piperidine rings is 1. The Hall–Kier alpha value is -1.46. The van der Waals surface area contributed by atoms with Crippen molar-refractivity contribution < 1.29 is 14.2 Å². The van der Waals surface area contributed by atoms with Crippen LogP contribution < -0.4 is 19.5 Å². The third-order valence-corrected chi connectivity index (χ3v) is 4.58. The van der Waals surface area contributed by atoms with Crippen LogP contribution in [0, 0.1) is 5.92 Å². The molecule has 0 radical (unpaired) electrons. The van der Waals surface area contributed by atoms with Gasteiger partial charge in [0.05, 0.1) is 21.3 Å². The second kappa shape index (κ2) is 7.70. The molecule has 2 atom stereocenters. The molecule has 22 heavy (non-hydrogen) atoms. The van der Waals surface area contributed by atoms with E-state index in [-0.39, 0.29) is 0 Å². The topological polar surface area (TPSA) is 43.0 Å². The van der Waals surface area contributed by atoms with Gasteiger partial charge >= 0.3 is 0 Å². The number of nitrogens with one attached hydrogen (secondary N) is 1. The van der Waals surface area contributed by atoms with Gasteiger partial charge in [0.15, 0.2) is 11.5 Å². The molecule has 1 aromatic carbocycles. The fraction of sp³-hybridized carbons (Fsp3) is 0.647. The van der Waals surface area contributed by atoms with E-state index in [0.717, 1.165) is 25.3 Å². The molecule has 0 saturated carbocycles. The SMILES string of the molecule is CN[C@@H]1CCN(C)C[C@@H]1Cc1ccc(OC)c(OC)c1OC. The van der Waals surface area contributed by atoms with E-state index in [4.69, 9.17) is 14.2 Å². The lowest BCUT2D eigenvalue weighted by molar-refractivity contribution is 0.167. The van der Waals surface area contributed by atoms with Crippen molar-refractivity contribution in [2.75, 3.05) is 48.5 Å². The lowest BCUT2D eigenvalue weighted by atomic mass is 9.86. The van der Waals surface area contributed by atoms with E-state index in [1.54, 1.807) is 21.3 Å². The van der Waals surface area contributed by atoms with Gasteiger partial charge in [0.1, 0.15) is 0 Å². The van der Waals surface area contributed by atoms with Crippen molar-refractivity contribution in [3.05, 3.63) is 17.7 Å². The molecule has 0 aliphatic carbocycles. The first kappa shape index (κ1) is 16.9. The van der Waals surface area contributed by atoms with Gasteiger partial charge in [-0.3, -0.25) is 0 Å². The van der Waals surface area contributed by atoms with Gasteiger partial charge < -0.3 is 24.4 Å². The van der Waals surface area contributed by atoms with E-state index in [0.29, 0.717) is 23.5 Å². The van der Waals surface area contributed by atoms with Gasteiger partial charge in [0, 0.05) is 12.6 Å². The maximum Gasteiger partial charge on any atom is 0.203 e. The molecule has 1 aromatic rings. The zero-order chi connectivity index (χ0) is 16.1. The van der Waals surface area contributed by atoms with E-state index in [2.05, 4.69) is 30.4 Å². The first-order chi connectivity index (χ1) is 10.6. The second-order valence-electron chi connectivity index (χ2n) is 5.90. The summed E-state index contributed by atoms with van der Waals surface area (Å²) >= 11 is 0. The monoisotopic (exact) mass is 308 g/mol. The Morgan fingerprint density at radius 3 is 2.45 bits per heavy atom. The van der Waals surface area contributed by atoms with Crippen LogP contribution in [-0.2, 0) is 6.42 Å². The van der Waals surface area contributed by atoms with Crippen molar-refractivity contribution in [3.8, 4) is 17.2 Å². The predicted octanol–water partition coefficient (Wildman–Crippen LogP) is 1.79. The van der Waals surface area contributed by atoms with Crippen molar-refractivity contribution >= 4 is 0 Å². The van der Waals surface area contributed by atoms with Gasteiger partial charge in [0.25, 0.3) is 0 Å². The molecule has 2 rings (SSSR count). The number of hydrogen-bond donors (Lipinski definition) is 1. The third-order valence-electron chi connectivity index (χ3n) is 4.58. The Morgan fingerprint density at radius 1 is 1.14 bits per heavy atom. The van der Waals surface area contributed by atoms with Crippen LogP contribution in [0.25, 0.3) is 0 Å². The number of likely N-dealkylation sites (tertiary alicyclic amines) is 1. The average Bonchev–Trinajstić information content (AvgIpc) is 2.54. The molecule has 1 aliphatic heterocycles. The van der Waals surface area contributed by atoms with Gasteiger partial charge in [-0.1, -0.05) is 6.07 Å². The van der Waals surface area contributed by atoms with E-state index >= 15 is 0 Å². The first-order valence-electron chi connectivity index (χ1n) is 7.78. The fourth-order valence-corrected chi connectivity index (χ4v) is 3.41. The molecular formula is C17H28N2O3. The minimum absolute atomic E-state index is 0.536. The van der Waals surface area contributed by atoms with Gasteiger partial charge in [-0.05, 0) is 51.0 Å². The number of hydrogen-bond acceptors (Lipinski definition) is 5. The van der Waals surface area contributed by atoms with Crippen LogP contribution in [0.1, 0.15) is 12.0 Å². The molecule has 1 N–H and O–H groups in total. The molecule has 0 aromatic heterocycles. The number of methoxy groups -OCH3 is 3. The largest absolute Gasteiger partial charge is 0.493 e. The third kappa shape index (κ3) is 3.47.